The quantitative estimate of drug-likeness (QED) is 0.927. The van der Waals surface area contributed by atoms with Crippen molar-refractivity contribution in [2.24, 2.45) is 0 Å². The molecule has 1 aromatic carbocycles. The molecule has 0 aliphatic carbocycles. The zero-order valence-electron chi connectivity index (χ0n) is 13.2. The number of hydrogen-bond donors (Lipinski definition) is 1. The van der Waals surface area contributed by atoms with Gasteiger partial charge >= 0.3 is 0 Å². The van der Waals surface area contributed by atoms with Gasteiger partial charge in [0.05, 0.1) is 5.69 Å². The molecule has 3 rings (SSSR count). The lowest BCUT2D eigenvalue weighted by molar-refractivity contribution is 0.102. The SMILES string of the molecule is CN1CCN(c2nccc(C(=O)Nc3ccc(F)cc3F)n2)CC1. The maximum atomic E-state index is 13.6. The standard InChI is InChI=1S/C16H17F2N5O/c1-22-6-8-23(9-7-22)16-19-5-4-14(21-16)15(24)20-13-3-2-11(17)10-12(13)18/h2-5,10H,6-9H2,1H3,(H,20,24). The zero-order valence-corrected chi connectivity index (χ0v) is 13.2. The highest BCUT2D eigenvalue weighted by Gasteiger charge is 2.18. The Kier molecular flexibility index (Phi) is 4.66. The van der Waals surface area contributed by atoms with Gasteiger partial charge in [-0.25, -0.2) is 18.7 Å². The first-order valence-corrected chi connectivity index (χ1v) is 7.56. The topological polar surface area (TPSA) is 61.4 Å². The van der Waals surface area contributed by atoms with Gasteiger partial charge in [-0.3, -0.25) is 4.79 Å². The third-order valence-corrected chi connectivity index (χ3v) is 3.84. The molecular weight excluding hydrogens is 316 g/mol. The van der Waals surface area contributed by atoms with E-state index in [4.69, 9.17) is 0 Å². The van der Waals surface area contributed by atoms with Crippen LogP contribution in [0.15, 0.2) is 30.5 Å². The third-order valence-electron chi connectivity index (χ3n) is 3.84. The third kappa shape index (κ3) is 3.65. The molecule has 6 nitrogen and oxygen atoms in total. The molecule has 1 aromatic heterocycles. The first kappa shape index (κ1) is 16.3. The summed E-state index contributed by atoms with van der Waals surface area (Å²) >= 11 is 0. The first-order chi connectivity index (χ1) is 11.5. The molecule has 0 bridgehead atoms. The van der Waals surface area contributed by atoms with Gasteiger partial charge in [-0.2, -0.15) is 0 Å². The van der Waals surface area contributed by atoms with E-state index in [1.807, 2.05) is 11.9 Å². The first-order valence-electron chi connectivity index (χ1n) is 7.56. The van der Waals surface area contributed by atoms with Crippen LogP contribution in [0.5, 0.6) is 0 Å². The lowest BCUT2D eigenvalue weighted by atomic mass is 10.2. The van der Waals surface area contributed by atoms with E-state index in [2.05, 4.69) is 20.2 Å². The number of anilines is 2. The summed E-state index contributed by atoms with van der Waals surface area (Å²) in [7, 11) is 2.04. The van der Waals surface area contributed by atoms with Gasteiger partial charge in [0.1, 0.15) is 17.3 Å². The highest BCUT2D eigenvalue weighted by atomic mass is 19.1. The monoisotopic (exact) mass is 333 g/mol. The molecule has 1 N–H and O–H groups in total. The van der Waals surface area contributed by atoms with Crippen LogP contribution in [0.25, 0.3) is 0 Å². The van der Waals surface area contributed by atoms with Crippen LogP contribution < -0.4 is 10.2 Å². The lowest BCUT2D eigenvalue weighted by Gasteiger charge is -2.32. The van der Waals surface area contributed by atoms with Gasteiger partial charge in [0.2, 0.25) is 5.95 Å². The van der Waals surface area contributed by atoms with E-state index >= 15 is 0 Å². The summed E-state index contributed by atoms with van der Waals surface area (Å²) in [5.74, 6) is -1.64. The molecule has 8 heteroatoms. The molecule has 24 heavy (non-hydrogen) atoms. The molecule has 1 aliphatic heterocycles. The van der Waals surface area contributed by atoms with Gasteiger partial charge in [0.15, 0.2) is 0 Å². The molecule has 1 aliphatic rings. The highest BCUT2D eigenvalue weighted by molar-refractivity contribution is 6.03. The number of benzene rings is 1. The van der Waals surface area contributed by atoms with Crippen LogP contribution in [-0.4, -0.2) is 54.0 Å². The second kappa shape index (κ2) is 6.88. The molecule has 0 spiro atoms. The van der Waals surface area contributed by atoms with Crippen LogP contribution in [0.4, 0.5) is 20.4 Å². The normalized spacial score (nSPS) is 15.4. The van der Waals surface area contributed by atoms with Crippen LogP contribution >= 0.6 is 0 Å². The highest BCUT2D eigenvalue weighted by Crippen LogP contribution is 2.16. The van der Waals surface area contributed by atoms with E-state index < -0.39 is 17.5 Å². The number of likely N-dealkylation sites (N-methyl/N-ethyl adjacent to an activating group) is 1. The van der Waals surface area contributed by atoms with Crippen LogP contribution in [0.3, 0.4) is 0 Å². The minimum atomic E-state index is -0.836. The number of hydrogen-bond acceptors (Lipinski definition) is 5. The van der Waals surface area contributed by atoms with E-state index in [9.17, 15) is 13.6 Å². The minimum Gasteiger partial charge on any atom is -0.338 e. The molecular formula is C16H17F2N5O. The van der Waals surface area contributed by atoms with Crippen molar-refractivity contribution in [3.05, 3.63) is 47.8 Å². The Morgan fingerprint density at radius 2 is 1.92 bits per heavy atom. The molecule has 2 aromatic rings. The van der Waals surface area contributed by atoms with Crippen LogP contribution in [0, 0.1) is 11.6 Å². The fourth-order valence-electron chi connectivity index (χ4n) is 2.41. The van der Waals surface area contributed by atoms with Crippen LogP contribution in [0.2, 0.25) is 0 Å². The molecule has 1 amide bonds. The van der Waals surface area contributed by atoms with Gasteiger partial charge < -0.3 is 15.1 Å². The second-order valence-corrected chi connectivity index (χ2v) is 5.61. The summed E-state index contributed by atoms with van der Waals surface area (Å²) in [6.07, 6.45) is 1.50. The molecule has 1 saturated heterocycles. The predicted molar refractivity (Wildman–Crippen MR) is 86.1 cm³/mol. The summed E-state index contributed by atoms with van der Waals surface area (Å²) in [5.41, 5.74) is 0.0313. The summed E-state index contributed by atoms with van der Waals surface area (Å²) in [4.78, 5) is 24.9. The molecule has 0 atom stereocenters. The number of amides is 1. The maximum Gasteiger partial charge on any atom is 0.274 e. The van der Waals surface area contributed by atoms with E-state index in [1.54, 1.807) is 0 Å². The van der Waals surface area contributed by atoms with Crippen molar-refractivity contribution < 1.29 is 13.6 Å². The second-order valence-electron chi connectivity index (χ2n) is 5.61. The molecule has 0 radical (unpaired) electrons. The predicted octanol–water partition coefficient (Wildman–Crippen LogP) is 1.76. The fourth-order valence-corrected chi connectivity index (χ4v) is 2.41. The van der Waals surface area contributed by atoms with E-state index in [-0.39, 0.29) is 11.4 Å². The number of nitrogens with zero attached hydrogens (tertiary/aromatic N) is 4. The summed E-state index contributed by atoms with van der Waals surface area (Å²) in [5, 5.41) is 2.39. The Balaban J connectivity index is 1.74. The maximum absolute atomic E-state index is 13.6. The van der Waals surface area contributed by atoms with Gasteiger partial charge in [-0.15, -0.1) is 0 Å². The molecule has 2 heterocycles. The lowest BCUT2D eigenvalue weighted by Crippen LogP contribution is -2.45. The Hall–Kier alpha value is -2.61. The van der Waals surface area contributed by atoms with Crippen molar-refractivity contribution in [1.82, 2.24) is 14.9 Å². The van der Waals surface area contributed by atoms with Gasteiger partial charge in [0, 0.05) is 38.4 Å². The zero-order chi connectivity index (χ0) is 17.1. The summed E-state index contributed by atoms with van der Waals surface area (Å²) in [6.45, 7) is 3.32. The Labute approximate surface area is 138 Å². The molecule has 0 saturated carbocycles. The number of aromatic nitrogens is 2. The van der Waals surface area contributed by atoms with E-state index in [1.165, 1.54) is 18.3 Å². The number of nitrogens with one attached hydrogen (secondary N) is 1. The van der Waals surface area contributed by atoms with Crippen molar-refractivity contribution in [2.75, 3.05) is 43.4 Å². The van der Waals surface area contributed by atoms with Crippen LogP contribution in [-0.2, 0) is 0 Å². The molecule has 126 valence electrons. The number of halogens is 2. The Morgan fingerprint density at radius 1 is 1.17 bits per heavy atom. The molecule has 0 unspecified atom stereocenters. The Morgan fingerprint density at radius 3 is 2.62 bits per heavy atom. The minimum absolute atomic E-state index is 0.0961. The van der Waals surface area contributed by atoms with Crippen LogP contribution in [0.1, 0.15) is 10.5 Å². The van der Waals surface area contributed by atoms with Gasteiger partial charge in [-0.05, 0) is 25.2 Å². The van der Waals surface area contributed by atoms with Crippen molar-refractivity contribution in [3.8, 4) is 0 Å². The van der Waals surface area contributed by atoms with Crippen molar-refractivity contribution in [1.29, 1.82) is 0 Å². The smallest absolute Gasteiger partial charge is 0.274 e. The van der Waals surface area contributed by atoms with Gasteiger partial charge in [-0.1, -0.05) is 0 Å². The number of carbonyl (C=O) groups is 1. The number of rotatable bonds is 3. The van der Waals surface area contributed by atoms with Crippen molar-refractivity contribution >= 4 is 17.5 Å². The average molecular weight is 333 g/mol. The largest absolute Gasteiger partial charge is 0.338 e. The summed E-state index contributed by atoms with van der Waals surface area (Å²) < 4.78 is 26.5. The average Bonchev–Trinajstić information content (AvgIpc) is 2.58. The van der Waals surface area contributed by atoms with E-state index in [0.29, 0.717) is 12.0 Å². The molecule has 1 fully saturated rings. The fraction of sp³-hybridized carbons (Fsp3) is 0.312. The summed E-state index contributed by atoms with van der Waals surface area (Å²) in [6, 6.07) is 4.42. The van der Waals surface area contributed by atoms with Crippen molar-refractivity contribution in [3.63, 3.8) is 0 Å². The number of piperazine rings is 1. The van der Waals surface area contributed by atoms with Gasteiger partial charge in [0.25, 0.3) is 5.91 Å². The van der Waals surface area contributed by atoms with E-state index in [0.717, 1.165) is 32.2 Å². The number of carbonyl (C=O) groups excluding carboxylic acids is 1. The van der Waals surface area contributed by atoms with Crippen molar-refractivity contribution in [2.45, 2.75) is 0 Å². The Bertz CT molecular complexity index is 747.